The standard InChI is InChI=1S/C20H27N3O5/c1-12(2)17-6-5-14(7-18(17)23(27)28)20(26)21-15-8-16(9-15)22(11-19(24)25)10-13-3-4-13/h5-7,12-13,15-16H,3-4,8-11H2,1-2H3,(H,21,26)(H,24,25). The molecule has 28 heavy (non-hydrogen) atoms. The van der Waals surface area contributed by atoms with Gasteiger partial charge in [-0.2, -0.15) is 0 Å². The molecule has 8 nitrogen and oxygen atoms in total. The van der Waals surface area contributed by atoms with E-state index in [1.54, 1.807) is 12.1 Å². The van der Waals surface area contributed by atoms with E-state index >= 15 is 0 Å². The summed E-state index contributed by atoms with van der Waals surface area (Å²) in [5, 5.41) is 23.3. The second-order valence-electron chi connectivity index (χ2n) is 8.25. The summed E-state index contributed by atoms with van der Waals surface area (Å²) in [5.41, 5.74) is 0.848. The van der Waals surface area contributed by atoms with Crippen LogP contribution in [-0.2, 0) is 4.79 Å². The van der Waals surface area contributed by atoms with Gasteiger partial charge in [0, 0.05) is 35.8 Å². The van der Waals surface area contributed by atoms with Crippen LogP contribution in [0.25, 0.3) is 0 Å². The number of rotatable bonds is 9. The number of amides is 1. The molecule has 1 aromatic carbocycles. The highest BCUT2D eigenvalue weighted by Gasteiger charge is 2.38. The third kappa shape index (κ3) is 4.86. The van der Waals surface area contributed by atoms with Gasteiger partial charge in [0.05, 0.1) is 11.5 Å². The number of carbonyl (C=O) groups excluding carboxylic acids is 1. The Balaban J connectivity index is 1.58. The summed E-state index contributed by atoms with van der Waals surface area (Å²) in [6.45, 7) is 4.59. The molecule has 8 heteroatoms. The van der Waals surface area contributed by atoms with Gasteiger partial charge in [-0.25, -0.2) is 0 Å². The van der Waals surface area contributed by atoms with Crippen LogP contribution >= 0.6 is 0 Å². The second-order valence-corrected chi connectivity index (χ2v) is 8.25. The van der Waals surface area contributed by atoms with Crippen molar-refractivity contribution in [3.05, 3.63) is 39.4 Å². The van der Waals surface area contributed by atoms with Gasteiger partial charge in [0.15, 0.2) is 0 Å². The molecule has 0 radical (unpaired) electrons. The topological polar surface area (TPSA) is 113 Å². The summed E-state index contributed by atoms with van der Waals surface area (Å²) in [6, 6.07) is 4.74. The smallest absolute Gasteiger partial charge is 0.317 e. The van der Waals surface area contributed by atoms with Gasteiger partial charge in [-0.1, -0.05) is 19.9 Å². The van der Waals surface area contributed by atoms with E-state index in [0.717, 1.165) is 19.4 Å². The van der Waals surface area contributed by atoms with E-state index in [9.17, 15) is 19.7 Å². The molecule has 2 fully saturated rings. The zero-order valence-electron chi connectivity index (χ0n) is 16.3. The minimum absolute atomic E-state index is 0.00316. The molecule has 0 bridgehead atoms. The predicted octanol–water partition coefficient (Wildman–Crippen LogP) is 2.78. The van der Waals surface area contributed by atoms with Crippen molar-refractivity contribution in [1.29, 1.82) is 0 Å². The summed E-state index contributed by atoms with van der Waals surface area (Å²) in [7, 11) is 0. The summed E-state index contributed by atoms with van der Waals surface area (Å²) in [6.07, 6.45) is 3.73. The van der Waals surface area contributed by atoms with Gasteiger partial charge in [0.2, 0.25) is 0 Å². The lowest BCUT2D eigenvalue weighted by atomic mass is 9.85. The molecule has 0 aromatic heterocycles. The number of benzene rings is 1. The van der Waals surface area contributed by atoms with Crippen LogP contribution in [0.15, 0.2) is 18.2 Å². The monoisotopic (exact) mass is 389 g/mol. The lowest BCUT2D eigenvalue weighted by Crippen LogP contribution is -2.55. The van der Waals surface area contributed by atoms with Crippen LogP contribution in [-0.4, -0.2) is 52.0 Å². The average molecular weight is 389 g/mol. The van der Waals surface area contributed by atoms with Crippen LogP contribution < -0.4 is 5.32 Å². The van der Waals surface area contributed by atoms with Crippen molar-refractivity contribution in [1.82, 2.24) is 10.2 Å². The Morgan fingerprint density at radius 1 is 1.32 bits per heavy atom. The van der Waals surface area contributed by atoms with Gasteiger partial charge in [-0.3, -0.25) is 24.6 Å². The number of nitrogens with one attached hydrogen (secondary N) is 1. The van der Waals surface area contributed by atoms with Crippen molar-refractivity contribution in [2.45, 2.75) is 57.5 Å². The molecule has 1 amide bonds. The molecule has 1 aromatic rings. The molecule has 0 spiro atoms. The fourth-order valence-corrected chi connectivity index (χ4v) is 3.75. The molecule has 2 N–H and O–H groups in total. The number of nitrogens with zero attached hydrogens (tertiary/aromatic N) is 2. The van der Waals surface area contributed by atoms with Crippen molar-refractivity contribution in [2.24, 2.45) is 5.92 Å². The number of carboxylic acid groups (broad SMARTS) is 1. The lowest BCUT2D eigenvalue weighted by Gasteiger charge is -2.42. The zero-order valence-corrected chi connectivity index (χ0v) is 16.3. The number of hydrogen-bond donors (Lipinski definition) is 2. The highest BCUT2D eigenvalue weighted by atomic mass is 16.6. The molecule has 0 heterocycles. The predicted molar refractivity (Wildman–Crippen MR) is 103 cm³/mol. The van der Waals surface area contributed by atoms with Crippen molar-refractivity contribution in [3.63, 3.8) is 0 Å². The quantitative estimate of drug-likeness (QED) is 0.496. The van der Waals surface area contributed by atoms with Crippen molar-refractivity contribution in [2.75, 3.05) is 13.1 Å². The molecule has 0 aliphatic heterocycles. The minimum Gasteiger partial charge on any atom is -0.480 e. The van der Waals surface area contributed by atoms with E-state index in [1.807, 2.05) is 18.7 Å². The maximum absolute atomic E-state index is 12.5. The van der Waals surface area contributed by atoms with Crippen LogP contribution in [0.4, 0.5) is 5.69 Å². The molecule has 2 saturated carbocycles. The SMILES string of the molecule is CC(C)c1ccc(C(=O)NC2CC(N(CC(=O)O)CC3CC3)C2)cc1[N+](=O)[O-]. The Morgan fingerprint density at radius 2 is 2.00 bits per heavy atom. The molecule has 0 atom stereocenters. The fourth-order valence-electron chi connectivity index (χ4n) is 3.75. The highest BCUT2D eigenvalue weighted by molar-refractivity contribution is 5.95. The van der Waals surface area contributed by atoms with E-state index in [1.165, 1.54) is 6.07 Å². The Hall–Kier alpha value is -2.48. The Labute approximate surface area is 164 Å². The van der Waals surface area contributed by atoms with Gasteiger partial charge >= 0.3 is 5.97 Å². The summed E-state index contributed by atoms with van der Waals surface area (Å²) >= 11 is 0. The number of hydrogen-bond acceptors (Lipinski definition) is 5. The maximum Gasteiger partial charge on any atom is 0.317 e. The summed E-state index contributed by atoms with van der Waals surface area (Å²) in [5.74, 6) is -0.552. The number of carboxylic acids is 1. The van der Waals surface area contributed by atoms with Crippen LogP contribution in [0.3, 0.4) is 0 Å². The first-order valence-electron chi connectivity index (χ1n) is 9.79. The van der Waals surface area contributed by atoms with E-state index in [2.05, 4.69) is 5.32 Å². The molecular formula is C20H27N3O5. The van der Waals surface area contributed by atoms with E-state index in [-0.39, 0.29) is 41.7 Å². The van der Waals surface area contributed by atoms with Gasteiger partial charge in [0.25, 0.3) is 11.6 Å². The first-order valence-corrected chi connectivity index (χ1v) is 9.79. The van der Waals surface area contributed by atoms with E-state index < -0.39 is 10.9 Å². The third-order valence-corrected chi connectivity index (χ3v) is 5.60. The Morgan fingerprint density at radius 3 is 2.54 bits per heavy atom. The number of aliphatic carboxylic acids is 1. The van der Waals surface area contributed by atoms with Crippen LogP contribution in [0.1, 0.15) is 61.4 Å². The van der Waals surface area contributed by atoms with Crippen molar-refractivity contribution >= 4 is 17.6 Å². The number of nitro benzene ring substituents is 1. The molecular weight excluding hydrogens is 362 g/mol. The zero-order chi connectivity index (χ0) is 20.4. The molecule has 0 saturated heterocycles. The largest absolute Gasteiger partial charge is 0.480 e. The third-order valence-electron chi connectivity index (χ3n) is 5.60. The minimum atomic E-state index is -0.828. The molecule has 152 valence electrons. The van der Waals surface area contributed by atoms with Crippen molar-refractivity contribution < 1.29 is 19.6 Å². The van der Waals surface area contributed by atoms with Crippen LogP contribution in [0, 0.1) is 16.0 Å². The van der Waals surface area contributed by atoms with E-state index in [0.29, 0.717) is 24.3 Å². The Kier molecular flexibility index (Phi) is 5.98. The van der Waals surface area contributed by atoms with Gasteiger partial charge in [0.1, 0.15) is 0 Å². The van der Waals surface area contributed by atoms with Crippen LogP contribution in [0.2, 0.25) is 0 Å². The maximum atomic E-state index is 12.5. The van der Waals surface area contributed by atoms with Gasteiger partial charge < -0.3 is 10.4 Å². The molecule has 0 unspecified atom stereocenters. The first-order chi connectivity index (χ1) is 13.2. The first kappa shape index (κ1) is 20.3. The second kappa shape index (κ2) is 8.26. The van der Waals surface area contributed by atoms with Gasteiger partial charge in [-0.15, -0.1) is 0 Å². The van der Waals surface area contributed by atoms with E-state index in [4.69, 9.17) is 5.11 Å². The summed E-state index contributed by atoms with van der Waals surface area (Å²) in [4.78, 5) is 36.5. The van der Waals surface area contributed by atoms with Gasteiger partial charge in [-0.05, 0) is 43.6 Å². The van der Waals surface area contributed by atoms with Crippen molar-refractivity contribution in [3.8, 4) is 0 Å². The number of carbonyl (C=O) groups is 2. The number of nitro groups is 1. The normalized spacial score (nSPS) is 21.4. The summed E-state index contributed by atoms with van der Waals surface area (Å²) < 4.78 is 0. The molecule has 2 aliphatic carbocycles. The molecule has 3 rings (SSSR count). The Bertz CT molecular complexity index is 769. The average Bonchev–Trinajstić information content (AvgIpc) is 3.39. The lowest BCUT2D eigenvalue weighted by molar-refractivity contribution is -0.385. The fraction of sp³-hybridized carbons (Fsp3) is 0.600. The molecule has 2 aliphatic rings. The highest BCUT2D eigenvalue weighted by Crippen LogP contribution is 2.34. The van der Waals surface area contributed by atoms with Crippen LogP contribution in [0.5, 0.6) is 0 Å².